The van der Waals surface area contributed by atoms with E-state index in [0.29, 0.717) is 6.54 Å². The predicted molar refractivity (Wildman–Crippen MR) is 114 cm³/mol. The van der Waals surface area contributed by atoms with Gasteiger partial charge in [-0.05, 0) is 43.7 Å². The fraction of sp³-hybridized carbons (Fsp3) is 0.435. The lowest BCUT2D eigenvalue weighted by molar-refractivity contribution is -0.139. The van der Waals surface area contributed by atoms with Crippen LogP contribution in [0.2, 0.25) is 0 Å². The second-order valence-corrected chi connectivity index (χ2v) is 7.50. The largest absolute Gasteiger partial charge is 0.483 e. The van der Waals surface area contributed by atoms with Gasteiger partial charge in [0.2, 0.25) is 0 Å². The van der Waals surface area contributed by atoms with E-state index in [1.807, 2.05) is 6.07 Å². The minimum Gasteiger partial charge on any atom is -0.483 e. The Morgan fingerprint density at radius 3 is 2.32 bits per heavy atom. The van der Waals surface area contributed by atoms with E-state index in [1.165, 1.54) is 23.9 Å². The molecule has 0 radical (unpaired) electrons. The van der Waals surface area contributed by atoms with Gasteiger partial charge in [-0.1, -0.05) is 30.3 Å². The third-order valence-electron chi connectivity index (χ3n) is 5.27. The number of rotatable bonds is 9. The summed E-state index contributed by atoms with van der Waals surface area (Å²) < 4.78 is 43.9. The molecular weight excluding hydrogens is 407 g/mol. The first-order valence-corrected chi connectivity index (χ1v) is 10.5. The lowest BCUT2D eigenvalue weighted by Crippen LogP contribution is -2.46. The van der Waals surface area contributed by atoms with Crippen molar-refractivity contribution < 1.29 is 22.7 Å². The van der Waals surface area contributed by atoms with Crippen LogP contribution in [0.1, 0.15) is 18.4 Å². The Morgan fingerprint density at radius 1 is 0.935 bits per heavy atom. The second-order valence-electron chi connectivity index (χ2n) is 7.50. The van der Waals surface area contributed by atoms with Gasteiger partial charge in [-0.2, -0.15) is 13.2 Å². The van der Waals surface area contributed by atoms with Gasteiger partial charge < -0.3 is 15.0 Å². The molecule has 0 atom stereocenters. The summed E-state index contributed by atoms with van der Waals surface area (Å²) in [6.45, 7) is 5.02. The van der Waals surface area contributed by atoms with Gasteiger partial charge in [0, 0.05) is 38.4 Å². The summed E-state index contributed by atoms with van der Waals surface area (Å²) in [6, 6.07) is 15.3. The molecule has 1 saturated heterocycles. The number of unbranched alkanes of at least 4 members (excludes halogenated alkanes) is 1. The zero-order valence-corrected chi connectivity index (χ0v) is 17.4. The Balaban J connectivity index is 1.28. The summed E-state index contributed by atoms with van der Waals surface area (Å²) in [4.78, 5) is 16.7. The molecule has 31 heavy (non-hydrogen) atoms. The van der Waals surface area contributed by atoms with E-state index >= 15 is 0 Å². The monoisotopic (exact) mass is 435 g/mol. The van der Waals surface area contributed by atoms with Crippen LogP contribution in [-0.4, -0.2) is 56.7 Å². The molecule has 1 aliphatic heterocycles. The number of benzene rings is 2. The van der Waals surface area contributed by atoms with E-state index in [2.05, 4.69) is 39.4 Å². The van der Waals surface area contributed by atoms with E-state index in [0.717, 1.165) is 51.6 Å². The number of nitrogens with one attached hydrogen (secondary N) is 1. The van der Waals surface area contributed by atoms with Crippen LogP contribution in [0, 0.1) is 0 Å². The number of anilines is 1. The van der Waals surface area contributed by atoms with Crippen molar-refractivity contribution in [3.63, 3.8) is 0 Å². The number of alkyl halides is 3. The zero-order valence-electron chi connectivity index (χ0n) is 17.4. The lowest BCUT2D eigenvalue weighted by atomic mass is 10.2. The van der Waals surface area contributed by atoms with Crippen LogP contribution >= 0.6 is 0 Å². The molecule has 0 saturated carbocycles. The van der Waals surface area contributed by atoms with Crippen LogP contribution in [0.5, 0.6) is 5.75 Å². The van der Waals surface area contributed by atoms with Crippen LogP contribution in [0.25, 0.3) is 0 Å². The van der Waals surface area contributed by atoms with Gasteiger partial charge >= 0.3 is 6.18 Å². The maximum atomic E-state index is 12.9. The maximum absolute atomic E-state index is 12.9. The number of para-hydroxylation sites is 2. The summed E-state index contributed by atoms with van der Waals surface area (Å²) >= 11 is 0. The van der Waals surface area contributed by atoms with Gasteiger partial charge in [0.15, 0.2) is 6.61 Å². The first kappa shape index (κ1) is 22.9. The summed E-state index contributed by atoms with van der Waals surface area (Å²) in [7, 11) is 0. The first-order valence-electron chi connectivity index (χ1n) is 10.5. The first-order chi connectivity index (χ1) is 14.9. The van der Waals surface area contributed by atoms with Gasteiger partial charge in [0.25, 0.3) is 5.91 Å². The molecule has 1 amide bonds. The summed E-state index contributed by atoms with van der Waals surface area (Å²) in [6.07, 6.45) is -2.76. The van der Waals surface area contributed by atoms with Crippen molar-refractivity contribution in [1.29, 1.82) is 0 Å². The number of carbonyl (C=O) groups is 1. The van der Waals surface area contributed by atoms with Crippen molar-refractivity contribution in [3.05, 3.63) is 60.2 Å². The van der Waals surface area contributed by atoms with E-state index in [1.54, 1.807) is 0 Å². The molecule has 8 heteroatoms. The summed E-state index contributed by atoms with van der Waals surface area (Å²) in [5, 5.41) is 2.71. The highest BCUT2D eigenvalue weighted by atomic mass is 19.4. The van der Waals surface area contributed by atoms with Crippen molar-refractivity contribution in [2.45, 2.75) is 19.0 Å². The van der Waals surface area contributed by atoms with Crippen molar-refractivity contribution in [1.82, 2.24) is 10.2 Å². The van der Waals surface area contributed by atoms with E-state index < -0.39 is 24.3 Å². The molecule has 2 aromatic carbocycles. The third-order valence-corrected chi connectivity index (χ3v) is 5.27. The highest BCUT2D eigenvalue weighted by molar-refractivity contribution is 5.77. The average Bonchev–Trinajstić information content (AvgIpc) is 2.78. The standard InChI is InChI=1S/C23H28F3N3O2/c24-23(25,26)20-10-4-5-11-21(20)31-18-22(30)27-12-6-7-13-28-14-16-29(17-15-28)19-8-2-1-3-9-19/h1-5,8-11H,6-7,12-18H2,(H,27,30). The molecule has 1 heterocycles. The van der Waals surface area contributed by atoms with Crippen LogP contribution in [0.15, 0.2) is 54.6 Å². The van der Waals surface area contributed by atoms with Crippen molar-refractivity contribution in [3.8, 4) is 5.75 Å². The summed E-state index contributed by atoms with van der Waals surface area (Å²) in [5.41, 5.74) is 0.375. The van der Waals surface area contributed by atoms with Gasteiger partial charge in [-0.3, -0.25) is 9.69 Å². The molecule has 0 spiro atoms. The van der Waals surface area contributed by atoms with Gasteiger partial charge in [0.05, 0.1) is 5.56 Å². The van der Waals surface area contributed by atoms with Crippen LogP contribution < -0.4 is 15.0 Å². The number of halogens is 3. The zero-order chi connectivity index (χ0) is 22.1. The molecule has 1 N–H and O–H groups in total. The van der Waals surface area contributed by atoms with Gasteiger partial charge in [-0.15, -0.1) is 0 Å². The molecule has 1 fully saturated rings. The van der Waals surface area contributed by atoms with E-state index in [4.69, 9.17) is 4.74 Å². The lowest BCUT2D eigenvalue weighted by Gasteiger charge is -2.36. The fourth-order valence-electron chi connectivity index (χ4n) is 3.58. The number of carbonyl (C=O) groups excluding carboxylic acids is 1. The van der Waals surface area contributed by atoms with Crippen molar-refractivity contribution in [2.75, 3.05) is 50.8 Å². The van der Waals surface area contributed by atoms with Crippen LogP contribution in [0.4, 0.5) is 18.9 Å². The SMILES string of the molecule is O=C(COc1ccccc1C(F)(F)F)NCCCCN1CCN(c2ccccc2)CC1. The Morgan fingerprint density at radius 2 is 1.61 bits per heavy atom. The average molecular weight is 435 g/mol. The molecular formula is C23H28F3N3O2. The Labute approximate surface area is 180 Å². The van der Waals surface area contributed by atoms with Gasteiger partial charge in [-0.25, -0.2) is 0 Å². The highest BCUT2D eigenvalue weighted by Gasteiger charge is 2.34. The van der Waals surface area contributed by atoms with E-state index in [9.17, 15) is 18.0 Å². The number of hydrogen-bond acceptors (Lipinski definition) is 4. The Bertz CT molecular complexity index is 822. The molecule has 3 rings (SSSR count). The molecule has 0 aromatic heterocycles. The quantitative estimate of drug-likeness (QED) is 0.609. The van der Waals surface area contributed by atoms with Crippen LogP contribution in [0.3, 0.4) is 0 Å². The molecule has 2 aromatic rings. The Kier molecular flexibility index (Phi) is 8.17. The highest BCUT2D eigenvalue weighted by Crippen LogP contribution is 2.35. The number of piperazine rings is 1. The van der Waals surface area contributed by atoms with Crippen molar-refractivity contribution >= 4 is 11.6 Å². The third kappa shape index (κ3) is 7.17. The fourth-order valence-corrected chi connectivity index (χ4v) is 3.58. The molecule has 0 aliphatic carbocycles. The van der Waals surface area contributed by atoms with Crippen molar-refractivity contribution in [2.24, 2.45) is 0 Å². The number of hydrogen-bond donors (Lipinski definition) is 1. The number of amides is 1. The van der Waals surface area contributed by atoms with E-state index in [-0.39, 0.29) is 5.75 Å². The summed E-state index contributed by atoms with van der Waals surface area (Å²) in [5.74, 6) is -0.756. The smallest absolute Gasteiger partial charge is 0.419 e. The minimum absolute atomic E-state index is 0.334. The van der Waals surface area contributed by atoms with Crippen LogP contribution in [-0.2, 0) is 11.0 Å². The Hall–Kier alpha value is -2.74. The number of nitrogens with zero attached hydrogens (tertiary/aromatic N) is 2. The second kappa shape index (κ2) is 11.0. The molecule has 168 valence electrons. The minimum atomic E-state index is -4.51. The topological polar surface area (TPSA) is 44.8 Å². The molecule has 0 unspecified atom stereocenters. The maximum Gasteiger partial charge on any atom is 0.419 e. The molecule has 0 bridgehead atoms. The predicted octanol–water partition coefficient (Wildman–Crippen LogP) is 3.80. The molecule has 1 aliphatic rings. The normalized spacial score (nSPS) is 15.0. The number of ether oxygens (including phenoxy) is 1. The molecule has 5 nitrogen and oxygen atoms in total. The van der Waals surface area contributed by atoms with Gasteiger partial charge in [0.1, 0.15) is 5.75 Å².